The molecule has 2 saturated carbocycles. The Bertz CT molecular complexity index is 1220. The number of ether oxygens (including phenoxy) is 3. The molecule has 3 fully saturated rings. The molecule has 0 N–H and O–H groups in total. The summed E-state index contributed by atoms with van der Waals surface area (Å²) in [5.74, 6) is 1.13. The lowest BCUT2D eigenvalue weighted by atomic mass is 9.58. The van der Waals surface area contributed by atoms with Crippen LogP contribution in [-0.2, 0) is 14.2 Å². The average molecular weight is 472 g/mol. The summed E-state index contributed by atoms with van der Waals surface area (Å²) in [5, 5.41) is 2.53. The van der Waals surface area contributed by atoms with Crippen LogP contribution in [0.15, 0.2) is 60.0 Å². The quantitative estimate of drug-likeness (QED) is 0.466. The lowest BCUT2D eigenvalue weighted by Gasteiger charge is -2.54. The molecule has 6 atom stereocenters. The first kappa shape index (κ1) is 22.2. The van der Waals surface area contributed by atoms with Crippen molar-refractivity contribution in [2.75, 3.05) is 20.3 Å². The van der Waals surface area contributed by atoms with Crippen molar-refractivity contribution < 1.29 is 14.2 Å². The molecular weight excluding hydrogens is 434 g/mol. The molecule has 0 amide bonds. The summed E-state index contributed by atoms with van der Waals surface area (Å²) in [6.07, 6.45) is 18.4. The largest absolute Gasteiger partial charge is 0.382 e. The number of rotatable bonds is 5. The molecule has 2 spiro atoms. The van der Waals surface area contributed by atoms with E-state index in [2.05, 4.69) is 48.3 Å². The predicted octanol–water partition coefficient (Wildman–Crippen LogP) is 6.51. The number of hydrogen-bond acceptors (Lipinski definition) is 4. The zero-order valence-corrected chi connectivity index (χ0v) is 21.1. The number of allylic oxidation sites excluding steroid dienone is 1. The lowest BCUT2D eigenvalue weighted by Crippen LogP contribution is -2.54. The Morgan fingerprint density at radius 1 is 1.09 bits per heavy atom. The van der Waals surface area contributed by atoms with Crippen molar-refractivity contribution in [3.63, 3.8) is 0 Å². The second-order valence-corrected chi connectivity index (χ2v) is 11.9. The van der Waals surface area contributed by atoms with Crippen molar-refractivity contribution in [1.82, 2.24) is 4.98 Å². The number of aromatic nitrogens is 1. The van der Waals surface area contributed by atoms with E-state index in [1.54, 1.807) is 7.11 Å². The molecular formula is C31H37NO3. The number of fused-ring (bicyclic) bond motifs is 2. The van der Waals surface area contributed by atoms with Crippen LogP contribution in [0.1, 0.15) is 69.8 Å². The van der Waals surface area contributed by atoms with Crippen LogP contribution in [-0.4, -0.2) is 42.6 Å². The van der Waals surface area contributed by atoms with Crippen molar-refractivity contribution in [3.8, 4) is 0 Å². The molecule has 4 heteroatoms. The van der Waals surface area contributed by atoms with E-state index in [9.17, 15) is 0 Å². The highest BCUT2D eigenvalue weighted by atomic mass is 16.5. The molecule has 4 nitrogen and oxygen atoms in total. The molecule has 5 aliphatic rings. The Balaban J connectivity index is 1.21. The smallest absolute Gasteiger partial charge is 0.0974 e. The van der Waals surface area contributed by atoms with Gasteiger partial charge in [-0.05, 0) is 96.4 Å². The van der Waals surface area contributed by atoms with Gasteiger partial charge in [0.05, 0.1) is 30.5 Å². The Labute approximate surface area is 208 Å². The Kier molecular flexibility index (Phi) is 5.07. The minimum atomic E-state index is -0.113. The van der Waals surface area contributed by atoms with Crippen molar-refractivity contribution in [3.05, 3.63) is 65.5 Å². The van der Waals surface area contributed by atoms with E-state index in [-0.39, 0.29) is 22.7 Å². The number of benzene rings is 1. The van der Waals surface area contributed by atoms with Gasteiger partial charge >= 0.3 is 0 Å². The summed E-state index contributed by atoms with van der Waals surface area (Å²) >= 11 is 0. The number of methoxy groups -OCH3 is 1. The third-order valence-electron chi connectivity index (χ3n) is 10.3. The zero-order valence-electron chi connectivity index (χ0n) is 21.1. The van der Waals surface area contributed by atoms with Crippen molar-refractivity contribution in [2.24, 2.45) is 11.3 Å². The highest BCUT2D eigenvalue weighted by Gasteiger charge is 2.66. The monoisotopic (exact) mass is 471 g/mol. The van der Waals surface area contributed by atoms with Crippen molar-refractivity contribution in [2.45, 2.75) is 81.5 Å². The SMILES string of the molecule is COCCO[C@H]1CCC2=CC3=CC[C@]4(C)[C@@H](c5ccc6ccncc6c5)CC[C@H]4[C@@]34CC[C@]2(C1)O4. The summed E-state index contributed by atoms with van der Waals surface area (Å²) in [6, 6.07) is 9.17. The van der Waals surface area contributed by atoms with Gasteiger partial charge in [-0.1, -0.05) is 31.2 Å². The molecule has 3 heterocycles. The Morgan fingerprint density at radius 2 is 2.03 bits per heavy atom. The second-order valence-electron chi connectivity index (χ2n) is 11.9. The normalized spacial score (nSPS) is 39.5. The van der Waals surface area contributed by atoms with Crippen LogP contribution in [0.4, 0.5) is 0 Å². The molecule has 0 radical (unpaired) electrons. The Hall–Kier alpha value is -2.01. The van der Waals surface area contributed by atoms with Crippen molar-refractivity contribution >= 4 is 10.8 Å². The van der Waals surface area contributed by atoms with Crippen LogP contribution in [0.3, 0.4) is 0 Å². The fourth-order valence-corrected chi connectivity index (χ4v) is 8.67. The number of nitrogens with zero attached hydrogens (tertiary/aromatic N) is 1. The van der Waals surface area contributed by atoms with E-state index in [4.69, 9.17) is 14.2 Å². The summed E-state index contributed by atoms with van der Waals surface area (Å²) < 4.78 is 18.8. The highest BCUT2D eigenvalue weighted by molar-refractivity contribution is 5.82. The van der Waals surface area contributed by atoms with E-state index < -0.39 is 0 Å². The molecule has 2 aromatic rings. The van der Waals surface area contributed by atoms with E-state index >= 15 is 0 Å². The molecule has 7 rings (SSSR count). The minimum Gasteiger partial charge on any atom is -0.382 e. The van der Waals surface area contributed by atoms with Gasteiger partial charge < -0.3 is 14.2 Å². The van der Waals surface area contributed by atoms with Crippen LogP contribution < -0.4 is 0 Å². The number of pyridine rings is 1. The van der Waals surface area contributed by atoms with Gasteiger partial charge in [-0.15, -0.1) is 0 Å². The fraction of sp³-hybridized carbons (Fsp3) is 0.581. The van der Waals surface area contributed by atoms with E-state index in [1.807, 2.05) is 12.4 Å². The van der Waals surface area contributed by atoms with E-state index in [1.165, 1.54) is 40.3 Å². The standard InChI is InChI=1S/C31H37NO3/c1-29-11-9-25-18-24-5-6-26(34-16-15-33-2)19-30(24)12-13-31(25,35-30)28(29)8-7-27(29)22-4-3-21-10-14-32-20-23(21)17-22/h3-4,9-10,14,17-18,20,26-28H,5-8,11-13,15-16,19H2,1-2H3/t26-,27+,28+,29+,30+,31+/m0/s1. The summed E-state index contributed by atoms with van der Waals surface area (Å²) in [7, 11) is 1.74. The van der Waals surface area contributed by atoms with Gasteiger partial charge in [-0.3, -0.25) is 4.98 Å². The first-order valence-corrected chi connectivity index (χ1v) is 13.6. The minimum absolute atomic E-state index is 0.113. The highest BCUT2D eigenvalue weighted by Crippen LogP contribution is 2.69. The first-order valence-electron chi connectivity index (χ1n) is 13.6. The summed E-state index contributed by atoms with van der Waals surface area (Å²) in [5.41, 5.74) is 4.50. The topological polar surface area (TPSA) is 40.6 Å². The van der Waals surface area contributed by atoms with Crippen LogP contribution >= 0.6 is 0 Å². The van der Waals surface area contributed by atoms with Gasteiger partial charge in [0, 0.05) is 31.3 Å². The fourth-order valence-electron chi connectivity index (χ4n) is 8.67. The Morgan fingerprint density at radius 3 is 2.94 bits per heavy atom. The van der Waals surface area contributed by atoms with E-state index in [0.29, 0.717) is 25.0 Å². The molecule has 1 aromatic carbocycles. The van der Waals surface area contributed by atoms with Gasteiger partial charge in [0.15, 0.2) is 0 Å². The maximum atomic E-state index is 7.39. The summed E-state index contributed by atoms with van der Waals surface area (Å²) in [4.78, 5) is 4.38. The van der Waals surface area contributed by atoms with Crippen LogP contribution in [0.5, 0.6) is 0 Å². The molecule has 1 saturated heterocycles. The zero-order chi connectivity index (χ0) is 23.7. The maximum Gasteiger partial charge on any atom is 0.0974 e. The van der Waals surface area contributed by atoms with Crippen molar-refractivity contribution in [1.29, 1.82) is 0 Å². The third kappa shape index (κ3) is 3.19. The van der Waals surface area contributed by atoms with Crippen LogP contribution in [0, 0.1) is 11.3 Å². The molecule has 35 heavy (non-hydrogen) atoms. The maximum absolute atomic E-state index is 7.39. The number of hydrogen-bond donors (Lipinski definition) is 0. The molecule has 1 aromatic heterocycles. The van der Waals surface area contributed by atoms with Gasteiger partial charge in [-0.2, -0.15) is 0 Å². The van der Waals surface area contributed by atoms with Gasteiger partial charge in [0.25, 0.3) is 0 Å². The molecule has 0 unspecified atom stereocenters. The van der Waals surface area contributed by atoms with E-state index in [0.717, 1.165) is 38.5 Å². The molecule has 184 valence electrons. The second kappa shape index (κ2) is 7.99. The predicted molar refractivity (Wildman–Crippen MR) is 137 cm³/mol. The molecule has 2 bridgehead atoms. The summed E-state index contributed by atoms with van der Waals surface area (Å²) in [6.45, 7) is 3.89. The average Bonchev–Trinajstić information content (AvgIpc) is 3.39. The van der Waals surface area contributed by atoms with Gasteiger partial charge in [0.1, 0.15) is 0 Å². The van der Waals surface area contributed by atoms with Crippen LogP contribution in [0.2, 0.25) is 0 Å². The van der Waals surface area contributed by atoms with Gasteiger partial charge in [-0.25, -0.2) is 0 Å². The molecule has 3 aliphatic carbocycles. The van der Waals surface area contributed by atoms with Gasteiger partial charge in [0.2, 0.25) is 0 Å². The first-order chi connectivity index (χ1) is 17.1. The van der Waals surface area contributed by atoms with Crippen LogP contribution in [0.25, 0.3) is 10.8 Å². The molecule has 2 aliphatic heterocycles. The lowest BCUT2D eigenvalue weighted by molar-refractivity contribution is -0.150. The third-order valence-corrected chi connectivity index (χ3v) is 10.3.